The summed E-state index contributed by atoms with van der Waals surface area (Å²) in [5, 5.41) is 9.37. The first-order valence-electron chi connectivity index (χ1n) is 20.4. The van der Waals surface area contributed by atoms with Gasteiger partial charge in [0.05, 0.1) is 54.8 Å². The minimum absolute atomic E-state index is 0.00596. The largest absolute Gasteiger partial charge is 0.497 e. The molecule has 0 spiro atoms. The first-order chi connectivity index (χ1) is 29.8. The second-order valence-corrected chi connectivity index (χ2v) is 16.4. The molecule has 3 saturated heterocycles. The van der Waals surface area contributed by atoms with Crippen molar-refractivity contribution >= 4 is 34.1 Å². The van der Waals surface area contributed by atoms with Gasteiger partial charge in [-0.05, 0) is 79.8 Å². The van der Waals surface area contributed by atoms with Crippen molar-refractivity contribution in [1.82, 2.24) is 19.9 Å². The molecule has 5 aromatic rings. The Bertz CT molecular complexity index is 2410. The molecule has 8 rings (SSSR count). The van der Waals surface area contributed by atoms with E-state index in [9.17, 15) is 9.65 Å². The van der Waals surface area contributed by atoms with Gasteiger partial charge in [-0.2, -0.15) is 28.4 Å². The molecule has 326 valence electrons. The maximum Gasteiger partial charge on any atom is 0.418 e. The zero-order valence-electron chi connectivity index (χ0n) is 34.4. The van der Waals surface area contributed by atoms with Gasteiger partial charge in [-0.25, -0.2) is 13.8 Å². The van der Waals surface area contributed by atoms with Crippen molar-refractivity contribution < 1.29 is 40.9 Å². The van der Waals surface area contributed by atoms with E-state index in [-0.39, 0.29) is 77.9 Å². The number of ether oxygens (including phenoxy) is 4. The number of halogens is 6. The predicted molar refractivity (Wildman–Crippen MR) is 224 cm³/mol. The van der Waals surface area contributed by atoms with Crippen molar-refractivity contribution in [2.75, 3.05) is 63.9 Å². The fourth-order valence-corrected chi connectivity index (χ4v) is 9.21. The van der Waals surface area contributed by atoms with Crippen LogP contribution in [0.2, 0.25) is 5.02 Å². The lowest BCUT2D eigenvalue weighted by Gasteiger charge is -2.32. The fraction of sp³-hybridized carbons (Fsp3) is 0.422. The summed E-state index contributed by atoms with van der Waals surface area (Å²) in [5.74, 6) is -0.0704. The summed E-state index contributed by atoms with van der Waals surface area (Å²) in [7, 11) is 4.33. The Hall–Kier alpha value is -5.66. The Labute approximate surface area is 360 Å². The zero-order chi connectivity index (χ0) is 43.8. The van der Waals surface area contributed by atoms with Crippen LogP contribution in [0.3, 0.4) is 0 Å². The van der Waals surface area contributed by atoms with Crippen molar-refractivity contribution in [2.24, 2.45) is 5.92 Å². The van der Waals surface area contributed by atoms with E-state index in [2.05, 4.69) is 20.9 Å². The summed E-state index contributed by atoms with van der Waals surface area (Å²) < 4.78 is 100. The Balaban J connectivity index is 1.28. The number of hydrogen-bond acceptors (Lipinski definition) is 11. The number of nitrogens with zero attached hydrogens (tertiary/aromatic N) is 7. The van der Waals surface area contributed by atoms with Crippen molar-refractivity contribution in [3.05, 3.63) is 88.2 Å². The highest BCUT2D eigenvalue weighted by atomic mass is 35.5. The summed E-state index contributed by atoms with van der Waals surface area (Å²) >= 11 is 6.90. The zero-order valence-corrected chi connectivity index (χ0v) is 35.2. The fourth-order valence-electron chi connectivity index (χ4n) is 8.93. The molecule has 62 heavy (non-hydrogen) atoms. The molecular weight excluding hydrogens is 833 g/mol. The number of aromatic nitrogens is 3. The lowest BCUT2D eigenvalue weighted by molar-refractivity contribution is -0.137. The van der Waals surface area contributed by atoms with Crippen LogP contribution < -0.4 is 28.7 Å². The summed E-state index contributed by atoms with van der Waals surface area (Å²) in [6.45, 7) is 2.13. The van der Waals surface area contributed by atoms with E-state index in [0.29, 0.717) is 50.4 Å². The molecule has 2 atom stereocenters. The molecule has 0 bridgehead atoms. The van der Waals surface area contributed by atoms with Gasteiger partial charge >= 0.3 is 12.2 Å². The number of fused-ring (bicyclic) bond motifs is 2. The molecule has 2 aromatic heterocycles. The number of nitriles is 1. The van der Waals surface area contributed by atoms with Gasteiger partial charge in [0.25, 0.3) is 0 Å². The third-order valence-electron chi connectivity index (χ3n) is 12.1. The van der Waals surface area contributed by atoms with Crippen molar-refractivity contribution in [2.45, 2.75) is 63.1 Å². The van der Waals surface area contributed by atoms with Crippen LogP contribution >= 0.6 is 11.6 Å². The van der Waals surface area contributed by atoms with E-state index >= 15 is 17.6 Å². The van der Waals surface area contributed by atoms with Gasteiger partial charge in [-0.3, -0.25) is 4.90 Å². The van der Waals surface area contributed by atoms with Crippen LogP contribution in [-0.2, 0) is 19.3 Å². The molecule has 3 aromatic carbocycles. The third-order valence-corrected chi connectivity index (χ3v) is 12.4. The number of hydrogen-bond donors (Lipinski definition) is 0. The second-order valence-electron chi connectivity index (χ2n) is 16.0. The van der Waals surface area contributed by atoms with E-state index < -0.39 is 40.5 Å². The molecule has 3 aliphatic heterocycles. The Morgan fingerprint density at radius 2 is 1.55 bits per heavy atom. The van der Waals surface area contributed by atoms with Gasteiger partial charge in [0, 0.05) is 50.4 Å². The summed E-state index contributed by atoms with van der Waals surface area (Å²) in [4.78, 5) is 19.4. The van der Waals surface area contributed by atoms with E-state index in [1.807, 2.05) is 29.2 Å². The molecule has 0 radical (unpaired) electrons. The average molecular weight is 878 g/mol. The van der Waals surface area contributed by atoms with Crippen LogP contribution in [0.25, 0.3) is 22.2 Å². The highest BCUT2D eigenvalue weighted by molar-refractivity contribution is 6.34. The monoisotopic (exact) mass is 877 g/mol. The van der Waals surface area contributed by atoms with Gasteiger partial charge in [0.15, 0.2) is 17.4 Å². The molecule has 5 heterocycles. The van der Waals surface area contributed by atoms with E-state index in [1.165, 1.54) is 13.2 Å². The van der Waals surface area contributed by atoms with Crippen molar-refractivity contribution in [3.8, 4) is 40.6 Å². The molecule has 3 fully saturated rings. The van der Waals surface area contributed by atoms with Gasteiger partial charge in [-0.1, -0.05) is 35.9 Å². The first kappa shape index (κ1) is 43.0. The normalized spacial score (nSPS) is 19.4. The second kappa shape index (κ2) is 17.6. The SMILES string of the molecule is COc1ccc(CN(Cc2ccc(OC)cc2)c2nc(-c3c(Cl)cc4c(N5CCC(C#N)CC5)nc(OC[C@@]56CCCN5C[C@H](F)C6)nc4c3F)c(C(F)(F)F)cc2OC)cc1. The van der Waals surface area contributed by atoms with Crippen LogP contribution in [0.1, 0.15) is 48.8 Å². The molecule has 0 aliphatic carbocycles. The summed E-state index contributed by atoms with van der Waals surface area (Å²) in [6.07, 6.45) is -3.21. The van der Waals surface area contributed by atoms with Crippen LogP contribution in [0.4, 0.5) is 33.6 Å². The predicted octanol–water partition coefficient (Wildman–Crippen LogP) is 9.43. The third kappa shape index (κ3) is 8.57. The molecule has 0 saturated carbocycles. The van der Waals surface area contributed by atoms with E-state index in [1.54, 1.807) is 43.4 Å². The Kier molecular flexibility index (Phi) is 12.2. The topological polar surface area (TPSA) is 109 Å². The lowest BCUT2D eigenvalue weighted by Crippen LogP contribution is -2.43. The van der Waals surface area contributed by atoms with Crippen LogP contribution in [-0.4, -0.2) is 85.7 Å². The average Bonchev–Trinajstić information content (AvgIpc) is 3.81. The van der Waals surface area contributed by atoms with E-state index in [4.69, 9.17) is 35.5 Å². The molecule has 11 nitrogen and oxygen atoms in total. The maximum atomic E-state index is 17.6. The number of piperidine rings is 1. The van der Waals surface area contributed by atoms with E-state index in [0.717, 1.165) is 23.6 Å². The molecule has 0 amide bonds. The Morgan fingerprint density at radius 1 is 0.903 bits per heavy atom. The minimum atomic E-state index is -5.03. The first-order valence-corrected chi connectivity index (χ1v) is 20.7. The van der Waals surface area contributed by atoms with Crippen LogP contribution in [0.15, 0.2) is 60.7 Å². The maximum absolute atomic E-state index is 17.6. The number of alkyl halides is 4. The van der Waals surface area contributed by atoms with Gasteiger partial charge in [0.2, 0.25) is 0 Å². The molecular formula is C45H45ClF5N7O4. The molecule has 3 aliphatic rings. The number of rotatable bonds is 13. The van der Waals surface area contributed by atoms with Crippen LogP contribution in [0.5, 0.6) is 23.3 Å². The Morgan fingerprint density at radius 3 is 2.13 bits per heavy atom. The number of methoxy groups -OCH3 is 3. The number of pyridine rings is 1. The van der Waals surface area contributed by atoms with Crippen molar-refractivity contribution in [1.29, 1.82) is 5.26 Å². The highest BCUT2D eigenvalue weighted by Crippen LogP contribution is 2.47. The standard InChI is InChI=1S/C45H45ClF5N7O4/c1-59-31-9-5-28(6-10-31)23-57(24-29-7-11-32(60-2)12-8-29)42-36(61-3)20-34(45(49,50)51)40(53-42)37-35(46)19-33-39(38(37)48)54-43(55-41(33)56-17-13-27(22-52)14-18-56)62-26-44-15-4-16-58(44)25-30(47)21-44/h5-12,19-20,27,30H,4,13-18,21,23-26H2,1-3H3/t30-,44+/m1/s1. The summed E-state index contributed by atoms with van der Waals surface area (Å²) in [6, 6.07) is 18.6. The van der Waals surface area contributed by atoms with Crippen molar-refractivity contribution in [3.63, 3.8) is 0 Å². The molecule has 0 N–H and O–H groups in total. The number of anilines is 2. The van der Waals surface area contributed by atoms with Gasteiger partial charge in [-0.15, -0.1) is 0 Å². The highest BCUT2D eigenvalue weighted by Gasteiger charge is 2.49. The number of benzene rings is 3. The van der Waals surface area contributed by atoms with Gasteiger partial charge in [0.1, 0.15) is 35.6 Å². The lowest BCUT2D eigenvalue weighted by atomic mass is 9.95. The smallest absolute Gasteiger partial charge is 0.418 e. The van der Waals surface area contributed by atoms with Gasteiger partial charge < -0.3 is 28.7 Å². The molecule has 0 unspecified atom stereocenters. The minimum Gasteiger partial charge on any atom is -0.497 e. The van der Waals surface area contributed by atoms with Crippen LogP contribution in [0, 0.1) is 23.1 Å². The summed E-state index contributed by atoms with van der Waals surface area (Å²) in [5.41, 5.74) is -2.04. The molecule has 17 heteroatoms. The quantitative estimate of drug-likeness (QED) is 0.106.